The van der Waals surface area contributed by atoms with Gasteiger partial charge in [-0.25, -0.2) is 0 Å². The van der Waals surface area contributed by atoms with Crippen molar-refractivity contribution in [2.45, 2.75) is 154 Å². The van der Waals surface area contributed by atoms with Crippen molar-refractivity contribution in [3.63, 3.8) is 0 Å². The highest BCUT2D eigenvalue weighted by Gasteiger charge is 2.85. The van der Waals surface area contributed by atoms with Crippen LogP contribution in [0, 0.1) is 44.8 Å². The van der Waals surface area contributed by atoms with E-state index in [0.29, 0.717) is 12.3 Å². The van der Waals surface area contributed by atoms with Gasteiger partial charge in [0.1, 0.15) is 30.5 Å². The van der Waals surface area contributed by atoms with Crippen LogP contribution >= 0.6 is 0 Å². The van der Waals surface area contributed by atoms with Crippen molar-refractivity contribution in [2.75, 3.05) is 6.61 Å². The quantitative estimate of drug-likeness (QED) is 0.227. The van der Waals surface area contributed by atoms with Crippen LogP contribution in [-0.2, 0) is 14.2 Å². The maximum absolute atomic E-state index is 12.4. The maximum Gasteiger partial charge on any atom is 0.196 e. The van der Waals surface area contributed by atoms with E-state index in [2.05, 4.69) is 40.7 Å². The van der Waals surface area contributed by atoms with E-state index in [9.17, 15) is 35.7 Å². The SMILES string of the molecule is C[C@@H]1C[C@H]([C@@H](O)C(C)(C)O)O[C@]2(O)[C@H]1[C@@]1(C)CC[C@@]34C[C@@]35CC[C@H](O[C@@H]3OC[C@@H](O)[C@H](O)[C@H]3O)C(C)(C)[C@@H]5CC=C4[C@]1(C)[C@H]2O. The fraction of sp³-hybridized carbons (Fsp3) is 0.943. The van der Waals surface area contributed by atoms with Crippen molar-refractivity contribution in [3.05, 3.63) is 11.6 Å². The molecule has 2 saturated heterocycles. The lowest BCUT2D eigenvalue weighted by Crippen LogP contribution is -2.60. The number of rotatable bonds is 4. The minimum Gasteiger partial charge on any atom is -0.388 e. The number of aliphatic hydroxyl groups excluding tert-OH is 5. The topological polar surface area (TPSA) is 169 Å². The predicted molar refractivity (Wildman–Crippen MR) is 162 cm³/mol. The number of fused-ring (bicyclic) bond motifs is 4. The zero-order valence-corrected chi connectivity index (χ0v) is 27.9. The molecule has 256 valence electrons. The summed E-state index contributed by atoms with van der Waals surface area (Å²) in [6.45, 7) is 13.9. The predicted octanol–water partition coefficient (Wildman–Crippen LogP) is 2.00. The molecule has 2 heterocycles. The van der Waals surface area contributed by atoms with Gasteiger partial charge in [-0.3, -0.25) is 0 Å². The molecule has 0 aromatic carbocycles. The van der Waals surface area contributed by atoms with Crippen LogP contribution in [0.2, 0.25) is 0 Å². The van der Waals surface area contributed by atoms with E-state index in [1.165, 1.54) is 19.4 Å². The van der Waals surface area contributed by atoms with Crippen molar-refractivity contribution in [3.8, 4) is 0 Å². The average molecular weight is 637 g/mol. The van der Waals surface area contributed by atoms with Crippen molar-refractivity contribution >= 4 is 0 Å². The Morgan fingerprint density at radius 2 is 1.71 bits per heavy atom. The van der Waals surface area contributed by atoms with E-state index in [1.807, 2.05) is 0 Å². The second-order valence-electron chi connectivity index (χ2n) is 17.8. The number of hydrogen-bond donors (Lipinski definition) is 7. The van der Waals surface area contributed by atoms with E-state index in [-0.39, 0.29) is 40.8 Å². The van der Waals surface area contributed by atoms with Gasteiger partial charge in [0, 0.05) is 11.3 Å². The third-order valence-electron chi connectivity index (χ3n) is 15.0. The third kappa shape index (κ3) is 3.93. The van der Waals surface area contributed by atoms with Gasteiger partial charge < -0.3 is 50.0 Å². The molecule has 7 aliphatic rings. The highest BCUT2D eigenvalue weighted by Crippen LogP contribution is 2.88. The van der Waals surface area contributed by atoms with Crippen LogP contribution in [0.5, 0.6) is 0 Å². The van der Waals surface area contributed by atoms with Gasteiger partial charge in [-0.1, -0.05) is 46.3 Å². The molecular weight excluding hydrogens is 580 g/mol. The number of aliphatic hydroxyl groups is 7. The van der Waals surface area contributed by atoms with E-state index in [0.717, 1.165) is 38.5 Å². The summed E-state index contributed by atoms with van der Waals surface area (Å²) < 4.78 is 18.4. The minimum absolute atomic E-state index is 0.0365. The Labute approximate surface area is 266 Å². The van der Waals surface area contributed by atoms with Gasteiger partial charge in [0.15, 0.2) is 12.1 Å². The molecule has 0 aromatic rings. The van der Waals surface area contributed by atoms with Gasteiger partial charge in [0.25, 0.3) is 0 Å². The largest absolute Gasteiger partial charge is 0.388 e. The van der Waals surface area contributed by atoms with Gasteiger partial charge in [-0.15, -0.1) is 0 Å². The highest BCUT2D eigenvalue weighted by molar-refractivity contribution is 5.47. The first-order valence-electron chi connectivity index (χ1n) is 17.2. The van der Waals surface area contributed by atoms with Crippen LogP contribution in [0.25, 0.3) is 0 Å². The van der Waals surface area contributed by atoms with Gasteiger partial charge in [0.2, 0.25) is 0 Å². The summed E-state index contributed by atoms with van der Waals surface area (Å²) in [5.74, 6) is -1.94. The van der Waals surface area contributed by atoms with Gasteiger partial charge >= 0.3 is 0 Å². The molecule has 16 atom stereocenters. The van der Waals surface area contributed by atoms with Crippen LogP contribution in [-0.4, -0.2) is 103 Å². The Bertz CT molecular complexity index is 1250. The Morgan fingerprint density at radius 1 is 1.02 bits per heavy atom. The zero-order valence-electron chi connectivity index (χ0n) is 27.9. The molecule has 45 heavy (non-hydrogen) atoms. The van der Waals surface area contributed by atoms with Gasteiger partial charge in [-0.2, -0.15) is 0 Å². The van der Waals surface area contributed by atoms with Crippen molar-refractivity contribution in [2.24, 2.45) is 44.8 Å². The Morgan fingerprint density at radius 3 is 2.38 bits per heavy atom. The first kappa shape index (κ1) is 32.9. The Hall–Kier alpha value is -0.660. The summed E-state index contributed by atoms with van der Waals surface area (Å²) >= 11 is 0. The molecule has 5 aliphatic carbocycles. The monoisotopic (exact) mass is 636 g/mol. The second kappa shape index (κ2) is 9.73. The van der Waals surface area contributed by atoms with E-state index in [4.69, 9.17) is 14.2 Å². The highest BCUT2D eigenvalue weighted by atomic mass is 16.7. The molecule has 0 aromatic heterocycles. The first-order chi connectivity index (χ1) is 20.7. The Balaban J connectivity index is 1.20. The summed E-state index contributed by atoms with van der Waals surface area (Å²) in [5.41, 5.74) is -1.66. The normalized spacial score (nSPS) is 57.4. The van der Waals surface area contributed by atoms with Crippen molar-refractivity contribution in [1.82, 2.24) is 0 Å². The number of hydrogen-bond acceptors (Lipinski definition) is 10. The smallest absolute Gasteiger partial charge is 0.196 e. The van der Waals surface area contributed by atoms with E-state index < -0.39 is 65.1 Å². The molecule has 0 amide bonds. The molecule has 0 unspecified atom stereocenters. The molecular formula is C35H56O10. The molecule has 7 rings (SSSR count). The fourth-order valence-corrected chi connectivity index (χ4v) is 12.6. The van der Waals surface area contributed by atoms with Crippen LogP contribution in [0.15, 0.2) is 11.6 Å². The van der Waals surface area contributed by atoms with Crippen LogP contribution in [0.3, 0.4) is 0 Å². The number of ether oxygens (including phenoxy) is 3. The summed E-state index contributed by atoms with van der Waals surface area (Å²) in [7, 11) is 0. The molecule has 0 bridgehead atoms. The fourth-order valence-electron chi connectivity index (χ4n) is 12.6. The van der Waals surface area contributed by atoms with E-state index in [1.54, 1.807) is 0 Å². The van der Waals surface area contributed by atoms with Crippen molar-refractivity contribution in [1.29, 1.82) is 0 Å². The lowest BCUT2D eigenvalue weighted by Gasteiger charge is -2.60. The average Bonchev–Trinajstić information content (AvgIpc) is 3.59. The molecule has 7 N–H and O–H groups in total. The van der Waals surface area contributed by atoms with Crippen molar-refractivity contribution < 1.29 is 50.0 Å². The summed E-state index contributed by atoms with van der Waals surface area (Å²) in [5, 5.41) is 77.0. The van der Waals surface area contributed by atoms with Gasteiger partial charge in [0.05, 0.1) is 24.4 Å². The lowest BCUT2D eigenvalue weighted by atomic mass is 9.44. The second-order valence-corrected chi connectivity index (χ2v) is 17.8. The van der Waals surface area contributed by atoms with Crippen LogP contribution in [0.1, 0.15) is 93.4 Å². The minimum atomic E-state index is -1.85. The van der Waals surface area contributed by atoms with Crippen LogP contribution < -0.4 is 0 Å². The molecule has 4 saturated carbocycles. The first-order valence-corrected chi connectivity index (χ1v) is 17.2. The standard InChI is InChI=1S/C35H56O10/c1-17-14-19(26(39)30(4,5)41)45-35(42)25(17)31(6)12-13-34-16-33(34)11-10-22(44-27-24(38)23(37)18(36)15-43-27)29(2,3)20(33)8-9-21(34)32(31,7)28(35)40/h9,17-20,22-28,36-42H,8,10-16H2,1-7H3/t17-,18-,19-,20+,22+,23+,24-,25-,26-,27+,28-,31-,32-,33-,34+,35-/m1/s1. The molecule has 2 spiro atoms. The van der Waals surface area contributed by atoms with E-state index >= 15 is 0 Å². The summed E-state index contributed by atoms with van der Waals surface area (Å²) in [4.78, 5) is 0. The van der Waals surface area contributed by atoms with Crippen LogP contribution in [0.4, 0.5) is 0 Å². The zero-order chi connectivity index (χ0) is 32.9. The Kier molecular flexibility index (Phi) is 7.11. The lowest BCUT2D eigenvalue weighted by molar-refractivity contribution is -0.340. The number of allylic oxidation sites excluding steroid dienone is 1. The van der Waals surface area contributed by atoms with Gasteiger partial charge in [-0.05, 0) is 92.3 Å². The molecule has 10 heteroatoms. The molecule has 6 fully saturated rings. The molecule has 0 radical (unpaired) electrons. The maximum atomic E-state index is 12.4. The molecule has 2 aliphatic heterocycles. The molecule has 10 nitrogen and oxygen atoms in total. The summed E-state index contributed by atoms with van der Waals surface area (Å²) in [6.07, 6.45) is -0.0345. The summed E-state index contributed by atoms with van der Waals surface area (Å²) in [6, 6.07) is 0. The third-order valence-corrected chi connectivity index (χ3v) is 15.0.